The Bertz CT molecular complexity index is 294. The van der Waals surface area contributed by atoms with Crippen molar-refractivity contribution in [1.29, 1.82) is 0 Å². The molecular formula is C17H33N3O. The van der Waals surface area contributed by atoms with E-state index in [1.807, 2.05) is 0 Å². The Balaban J connectivity index is 1.56. The van der Waals surface area contributed by atoms with E-state index in [-0.39, 0.29) is 11.9 Å². The Labute approximate surface area is 130 Å². The number of hydrogen-bond donors (Lipinski definition) is 2. The van der Waals surface area contributed by atoms with Crippen LogP contribution in [0.25, 0.3) is 0 Å². The maximum absolute atomic E-state index is 12.1. The Hall–Kier alpha value is -0.610. The van der Waals surface area contributed by atoms with Crippen LogP contribution in [-0.2, 0) is 4.79 Å². The molecule has 0 aromatic heterocycles. The van der Waals surface area contributed by atoms with Gasteiger partial charge in [-0.15, -0.1) is 0 Å². The van der Waals surface area contributed by atoms with Gasteiger partial charge in [-0.25, -0.2) is 0 Å². The Morgan fingerprint density at radius 3 is 2.62 bits per heavy atom. The van der Waals surface area contributed by atoms with E-state index in [2.05, 4.69) is 22.6 Å². The number of hydrogen-bond acceptors (Lipinski definition) is 3. The summed E-state index contributed by atoms with van der Waals surface area (Å²) in [5.74, 6) is 0.206. The van der Waals surface area contributed by atoms with Gasteiger partial charge in [-0.05, 0) is 52.2 Å². The third-order valence-electron chi connectivity index (χ3n) is 5.06. The second kappa shape index (κ2) is 9.42. The molecule has 2 N–H and O–H groups in total. The predicted molar refractivity (Wildman–Crippen MR) is 87.4 cm³/mol. The normalized spacial score (nSPS) is 24.8. The van der Waals surface area contributed by atoms with Crippen LogP contribution in [0.5, 0.6) is 0 Å². The van der Waals surface area contributed by atoms with E-state index in [1.54, 1.807) is 0 Å². The first-order valence-electron chi connectivity index (χ1n) is 8.98. The largest absolute Gasteiger partial charge is 0.355 e. The lowest BCUT2D eigenvalue weighted by atomic mass is 9.94. The van der Waals surface area contributed by atoms with Crippen LogP contribution in [0.3, 0.4) is 0 Å². The van der Waals surface area contributed by atoms with Crippen molar-refractivity contribution in [2.75, 3.05) is 26.7 Å². The highest BCUT2D eigenvalue weighted by molar-refractivity contribution is 5.81. The molecule has 21 heavy (non-hydrogen) atoms. The summed E-state index contributed by atoms with van der Waals surface area (Å²) in [5.41, 5.74) is 0. The van der Waals surface area contributed by atoms with Crippen molar-refractivity contribution in [3.8, 4) is 0 Å². The molecular weight excluding hydrogens is 262 g/mol. The summed E-state index contributed by atoms with van der Waals surface area (Å²) in [6, 6.07) is 0.821. The third kappa shape index (κ3) is 5.95. The zero-order chi connectivity index (χ0) is 14.9. The number of amides is 1. The van der Waals surface area contributed by atoms with Gasteiger partial charge in [-0.2, -0.15) is 0 Å². The topological polar surface area (TPSA) is 44.4 Å². The van der Waals surface area contributed by atoms with Gasteiger partial charge in [0.2, 0.25) is 5.91 Å². The maximum atomic E-state index is 12.1. The fraction of sp³-hybridized carbons (Fsp3) is 0.941. The van der Waals surface area contributed by atoms with E-state index in [4.69, 9.17) is 0 Å². The molecule has 2 rings (SSSR count). The Morgan fingerprint density at radius 1 is 1.10 bits per heavy atom. The second-order valence-electron chi connectivity index (χ2n) is 6.77. The number of carbonyl (C=O) groups is 1. The summed E-state index contributed by atoms with van der Waals surface area (Å²) in [6.07, 6.45) is 12.6. The molecule has 1 saturated heterocycles. The average Bonchev–Trinajstić information content (AvgIpc) is 2.81. The van der Waals surface area contributed by atoms with Gasteiger partial charge in [0.1, 0.15) is 0 Å². The molecule has 4 nitrogen and oxygen atoms in total. The SMILES string of the molecule is CN(CCCNC(=O)C1CCCCCN1)C1CCCCC1. The molecule has 1 atom stereocenters. The molecule has 1 aliphatic heterocycles. The van der Waals surface area contributed by atoms with Gasteiger partial charge >= 0.3 is 0 Å². The van der Waals surface area contributed by atoms with Gasteiger partial charge < -0.3 is 15.5 Å². The number of carbonyl (C=O) groups excluding carboxylic acids is 1. The van der Waals surface area contributed by atoms with Crippen LogP contribution >= 0.6 is 0 Å². The molecule has 1 heterocycles. The van der Waals surface area contributed by atoms with Crippen LogP contribution in [0.4, 0.5) is 0 Å². The Kier molecular flexibility index (Phi) is 7.51. The molecule has 1 aliphatic carbocycles. The van der Waals surface area contributed by atoms with Crippen molar-refractivity contribution in [2.24, 2.45) is 0 Å². The fourth-order valence-electron chi connectivity index (χ4n) is 3.62. The van der Waals surface area contributed by atoms with Crippen LogP contribution in [0.2, 0.25) is 0 Å². The molecule has 0 aromatic rings. The van der Waals surface area contributed by atoms with Crippen molar-refractivity contribution in [2.45, 2.75) is 76.3 Å². The van der Waals surface area contributed by atoms with Gasteiger partial charge in [0.25, 0.3) is 0 Å². The summed E-state index contributed by atoms with van der Waals surface area (Å²) < 4.78 is 0. The van der Waals surface area contributed by atoms with Crippen molar-refractivity contribution in [3.63, 3.8) is 0 Å². The summed E-state index contributed by atoms with van der Waals surface area (Å²) in [7, 11) is 2.24. The van der Waals surface area contributed by atoms with Crippen LogP contribution < -0.4 is 10.6 Å². The Morgan fingerprint density at radius 2 is 1.81 bits per heavy atom. The maximum Gasteiger partial charge on any atom is 0.237 e. The van der Waals surface area contributed by atoms with Crippen molar-refractivity contribution >= 4 is 5.91 Å². The lowest BCUT2D eigenvalue weighted by Crippen LogP contribution is -2.44. The average molecular weight is 295 g/mol. The molecule has 0 bridgehead atoms. The molecule has 0 aromatic carbocycles. The minimum Gasteiger partial charge on any atom is -0.355 e. The van der Waals surface area contributed by atoms with Gasteiger partial charge in [-0.1, -0.05) is 32.1 Å². The second-order valence-corrected chi connectivity index (χ2v) is 6.77. The van der Waals surface area contributed by atoms with E-state index in [0.717, 1.165) is 38.5 Å². The van der Waals surface area contributed by atoms with Gasteiger partial charge in [-0.3, -0.25) is 4.79 Å². The lowest BCUT2D eigenvalue weighted by Gasteiger charge is -2.31. The molecule has 4 heteroatoms. The smallest absolute Gasteiger partial charge is 0.237 e. The van der Waals surface area contributed by atoms with Gasteiger partial charge in [0, 0.05) is 12.6 Å². The summed E-state index contributed by atoms with van der Waals surface area (Å²) >= 11 is 0. The van der Waals surface area contributed by atoms with Crippen LogP contribution in [0.1, 0.15) is 64.2 Å². The van der Waals surface area contributed by atoms with Crippen molar-refractivity contribution in [3.05, 3.63) is 0 Å². The predicted octanol–water partition coefficient (Wildman–Crippen LogP) is 2.29. The van der Waals surface area contributed by atoms with E-state index in [1.165, 1.54) is 51.4 Å². The summed E-state index contributed by atoms with van der Waals surface area (Å²) in [5, 5.41) is 6.47. The van der Waals surface area contributed by atoms with Crippen LogP contribution in [0.15, 0.2) is 0 Å². The minimum absolute atomic E-state index is 0.0450. The zero-order valence-electron chi connectivity index (χ0n) is 13.7. The highest BCUT2D eigenvalue weighted by atomic mass is 16.2. The van der Waals surface area contributed by atoms with Crippen molar-refractivity contribution < 1.29 is 4.79 Å². The first kappa shape index (κ1) is 16.8. The molecule has 1 amide bonds. The first-order chi connectivity index (χ1) is 10.3. The lowest BCUT2D eigenvalue weighted by molar-refractivity contribution is -0.123. The molecule has 122 valence electrons. The standard InChI is InChI=1S/C17H33N3O/c1-20(15-9-4-2-5-10-15)14-8-13-19-17(21)16-11-6-3-7-12-18-16/h15-16,18H,2-14H2,1H3,(H,19,21). The summed E-state index contributed by atoms with van der Waals surface area (Å²) in [4.78, 5) is 14.6. The third-order valence-corrected chi connectivity index (χ3v) is 5.06. The number of rotatable bonds is 6. The van der Waals surface area contributed by atoms with Gasteiger partial charge in [0.15, 0.2) is 0 Å². The fourth-order valence-corrected chi connectivity index (χ4v) is 3.62. The van der Waals surface area contributed by atoms with Crippen LogP contribution in [-0.4, -0.2) is 49.6 Å². The molecule has 1 unspecified atom stereocenters. The minimum atomic E-state index is 0.0450. The molecule has 0 radical (unpaired) electrons. The number of nitrogens with zero attached hydrogens (tertiary/aromatic N) is 1. The highest BCUT2D eigenvalue weighted by Gasteiger charge is 2.19. The van der Waals surface area contributed by atoms with E-state index < -0.39 is 0 Å². The van der Waals surface area contributed by atoms with Gasteiger partial charge in [0.05, 0.1) is 6.04 Å². The number of nitrogens with one attached hydrogen (secondary N) is 2. The first-order valence-corrected chi connectivity index (χ1v) is 8.98. The quantitative estimate of drug-likeness (QED) is 0.739. The molecule has 2 fully saturated rings. The molecule has 1 saturated carbocycles. The monoisotopic (exact) mass is 295 g/mol. The van der Waals surface area contributed by atoms with E-state index in [0.29, 0.717) is 0 Å². The zero-order valence-corrected chi connectivity index (χ0v) is 13.7. The molecule has 2 aliphatic rings. The molecule has 0 spiro atoms. The van der Waals surface area contributed by atoms with Crippen molar-refractivity contribution in [1.82, 2.24) is 15.5 Å². The highest BCUT2D eigenvalue weighted by Crippen LogP contribution is 2.21. The van der Waals surface area contributed by atoms with Crippen LogP contribution in [0, 0.1) is 0 Å². The van der Waals surface area contributed by atoms with E-state index in [9.17, 15) is 4.79 Å². The summed E-state index contributed by atoms with van der Waals surface area (Å²) in [6.45, 7) is 2.90. The van der Waals surface area contributed by atoms with E-state index >= 15 is 0 Å².